The molecule has 2 unspecified atom stereocenters. The summed E-state index contributed by atoms with van der Waals surface area (Å²) in [5.41, 5.74) is 8.78. The molecule has 2 atom stereocenters. The number of hydrogen-bond acceptors (Lipinski definition) is 3. The predicted molar refractivity (Wildman–Crippen MR) is 123 cm³/mol. The fourth-order valence-corrected chi connectivity index (χ4v) is 4.58. The normalized spacial score (nSPS) is 20.5. The summed E-state index contributed by atoms with van der Waals surface area (Å²) in [5.74, 6) is 0.425. The van der Waals surface area contributed by atoms with Crippen molar-refractivity contribution in [2.24, 2.45) is 0 Å². The van der Waals surface area contributed by atoms with Crippen molar-refractivity contribution in [1.82, 2.24) is 0 Å². The van der Waals surface area contributed by atoms with Crippen LogP contribution < -0.4 is 10.6 Å². The Kier molecular flexibility index (Phi) is 4.66. The van der Waals surface area contributed by atoms with Crippen molar-refractivity contribution in [3.8, 4) is 0 Å². The van der Waals surface area contributed by atoms with Crippen molar-refractivity contribution in [1.29, 1.82) is 0 Å². The number of carbonyl (C=O) groups excluding carboxylic acids is 1. The Balaban J connectivity index is 1.60. The molecule has 1 aliphatic heterocycles. The first-order chi connectivity index (χ1) is 14.6. The van der Waals surface area contributed by atoms with Gasteiger partial charge in [-0.25, -0.2) is 0 Å². The molecule has 0 spiro atoms. The molecule has 2 aliphatic rings. The zero-order chi connectivity index (χ0) is 20.7. The van der Waals surface area contributed by atoms with Crippen LogP contribution in [-0.2, 0) is 4.79 Å². The van der Waals surface area contributed by atoms with Gasteiger partial charge in [0.2, 0.25) is 0 Å². The van der Waals surface area contributed by atoms with E-state index in [4.69, 9.17) is 0 Å². The van der Waals surface area contributed by atoms with Crippen LogP contribution in [0.5, 0.6) is 0 Å². The molecule has 150 valence electrons. The van der Waals surface area contributed by atoms with Crippen LogP contribution in [0.4, 0.5) is 11.4 Å². The van der Waals surface area contributed by atoms with Crippen molar-refractivity contribution in [2.75, 3.05) is 10.6 Å². The number of anilines is 2. The summed E-state index contributed by atoms with van der Waals surface area (Å²) < 4.78 is 0. The van der Waals surface area contributed by atoms with Gasteiger partial charge in [0, 0.05) is 17.7 Å². The van der Waals surface area contributed by atoms with Gasteiger partial charge in [0.15, 0.2) is 5.78 Å². The molecule has 0 amide bonds. The summed E-state index contributed by atoms with van der Waals surface area (Å²) in [5, 5.41) is 7.26. The van der Waals surface area contributed by atoms with E-state index >= 15 is 0 Å². The highest BCUT2D eigenvalue weighted by Crippen LogP contribution is 2.44. The Morgan fingerprint density at radius 3 is 2.00 bits per heavy atom. The number of fused-ring (bicyclic) bond motifs is 1. The molecule has 0 saturated carbocycles. The Labute approximate surface area is 177 Å². The second kappa shape index (κ2) is 7.49. The molecule has 30 heavy (non-hydrogen) atoms. The van der Waals surface area contributed by atoms with Gasteiger partial charge in [-0.1, -0.05) is 71.8 Å². The molecule has 0 aromatic heterocycles. The van der Waals surface area contributed by atoms with Crippen LogP contribution in [0, 0.1) is 13.8 Å². The predicted octanol–water partition coefficient (Wildman–Crippen LogP) is 6.28. The Hall–Kier alpha value is -3.33. The zero-order valence-electron chi connectivity index (χ0n) is 17.4. The van der Waals surface area contributed by atoms with Gasteiger partial charge in [0.1, 0.15) is 0 Å². The maximum absolute atomic E-state index is 13.5. The summed E-state index contributed by atoms with van der Waals surface area (Å²) >= 11 is 0. The van der Waals surface area contributed by atoms with Crippen LogP contribution in [0.1, 0.15) is 47.1 Å². The molecule has 5 rings (SSSR count). The Morgan fingerprint density at radius 1 is 0.733 bits per heavy atom. The van der Waals surface area contributed by atoms with E-state index in [-0.39, 0.29) is 17.7 Å². The minimum atomic E-state index is -0.150. The van der Waals surface area contributed by atoms with Gasteiger partial charge in [-0.2, -0.15) is 0 Å². The second-order valence-electron chi connectivity index (χ2n) is 8.49. The first-order valence-corrected chi connectivity index (χ1v) is 10.6. The number of benzene rings is 3. The quantitative estimate of drug-likeness (QED) is 0.537. The number of rotatable bonds is 2. The number of hydrogen-bond donors (Lipinski definition) is 2. The minimum Gasteiger partial charge on any atom is -0.372 e. The molecule has 0 bridgehead atoms. The number of carbonyl (C=O) groups is 1. The molecule has 1 heterocycles. The van der Waals surface area contributed by atoms with Gasteiger partial charge in [-0.05, 0) is 49.4 Å². The average molecular weight is 395 g/mol. The molecular formula is C27H26N2O. The highest BCUT2D eigenvalue weighted by molar-refractivity contribution is 6.01. The number of para-hydroxylation sites is 2. The number of ketones is 1. The van der Waals surface area contributed by atoms with Gasteiger partial charge in [0.05, 0.1) is 17.4 Å². The third kappa shape index (κ3) is 3.41. The molecule has 0 saturated heterocycles. The third-order valence-electron chi connectivity index (χ3n) is 6.27. The van der Waals surface area contributed by atoms with E-state index in [0.29, 0.717) is 6.42 Å². The number of nitrogens with one attached hydrogen (secondary N) is 2. The highest BCUT2D eigenvalue weighted by Gasteiger charge is 2.35. The third-order valence-corrected chi connectivity index (χ3v) is 6.27. The monoisotopic (exact) mass is 394 g/mol. The van der Waals surface area contributed by atoms with Gasteiger partial charge >= 0.3 is 0 Å². The summed E-state index contributed by atoms with van der Waals surface area (Å²) in [6, 6.07) is 25.1. The van der Waals surface area contributed by atoms with Crippen LogP contribution in [0.2, 0.25) is 0 Å². The van der Waals surface area contributed by atoms with E-state index in [9.17, 15) is 4.79 Å². The molecule has 0 radical (unpaired) electrons. The van der Waals surface area contributed by atoms with Crippen LogP contribution in [0.3, 0.4) is 0 Å². The molecule has 3 aromatic rings. The van der Waals surface area contributed by atoms with Crippen LogP contribution in [0.25, 0.3) is 0 Å². The van der Waals surface area contributed by atoms with Crippen molar-refractivity contribution in [3.05, 3.63) is 106 Å². The van der Waals surface area contributed by atoms with E-state index in [1.807, 2.05) is 12.1 Å². The number of allylic oxidation sites excluding steroid dienone is 1. The summed E-state index contributed by atoms with van der Waals surface area (Å²) in [7, 11) is 0. The molecule has 3 heteroatoms. The fraction of sp³-hybridized carbons (Fsp3) is 0.222. The van der Waals surface area contributed by atoms with E-state index in [1.165, 1.54) is 16.7 Å². The molecule has 2 N–H and O–H groups in total. The van der Waals surface area contributed by atoms with Crippen molar-refractivity contribution >= 4 is 17.2 Å². The topological polar surface area (TPSA) is 41.1 Å². The summed E-state index contributed by atoms with van der Waals surface area (Å²) in [6.07, 6.45) is 1.38. The van der Waals surface area contributed by atoms with Crippen molar-refractivity contribution < 1.29 is 4.79 Å². The molecule has 1 aliphatic carbocycles. The maximum atomic E-state index is 13.5. The number of Topliss-reactive ketones (excluding diaryl/α,β-unsaturated/α-hetero) is 1. The molecule has 0 fully saturated rings. The van der Waals surface area contributed by atoms with Crippen LogP contribution in [-0.4, -0.2) is 5.78 Å². The first kappa shape index (κ1) is 18.7. The zero-order valence-corrected chi connectivity index (χ0v) is 17.4. The van der Waals surface area contributed by atoms with Crippen LogP contribution in [0.15, 0.2) is 84.1 Å². The molecule has 3 nitrogen and oxygen atoms in total. The van der Waals surface area contributed by atoms with Gasteiger partial charge in [-0.3, -0.25) is 4.79 Å². The first-order valence-electron chi connectivity index (χ1n) is 10.6. The average Bonchev–Trinajstić information content (AvgIpc) is 2.91. The van der Waals surface area contributed by atoms with Crippen LogP contribution >= 0.6 is 0 Å². The maximum Gasteiger partial charge on any atom is 0.163 e. The van der Waals surface area contributed by atoms with E-state index in [0.717, 1.165) is 34.6 Å². The van der Waals surface area contributed by atoms with Gasteiger partial charge in [0.25, 0.3) is 0 Å². The van der Waals surface area contributed by atoms with Gasteiger partial charge < -0.3 is 10.6 Å². The van der Waals surface area contributed by atoms with E-state index < -0.39 is 0 Å². The lowest BCUT2D eigenvalue weighted by molar-refractivity contribution is -0.116. The number of aryl methyl sites for hydroxylation is 2. The Morgan fingerprint density at radius 2 is 1.33 bits per heavy atom. The lowest BCUT2D eigenvalue weighted by atomic mass is 9.78. The van der Waals surface area contributed by atoms with E-state index in [1.54, 1.807) is 0 Å². The lowest BCUT2D eigenvalue weighted by Gasteiger charge is -2.30. The largest absolute Gasteiger partial charge is 0.372 e. The van der Waals surface area contributed by atoms with E-state index in [2.05, 4.69) is 85.1 Å². The smallest absolute Gasteiger partial charge is 0.163 e. The molecule has 3 aromatic carbocycles. The minimum absolute atomic E-state index is 0.150. The van der Waals surface area contributed by atoms with Crippen molar-refractivity contribution in [3.63, 3.8) is 0 Å². The van der Waals surface area contributed by atoms with Gasteiger partial charge in [-0.15, -0.1) is 0 Å². The highest BCUT2D eigenvalue weighted by atomic mass is 16.1. The Bertz CT molecular complexity index is 1130. The fourth-order valence-electron chi connectivity index (χ4n) is 4.58. The SMILES string of the molecule is Cc1ccc(C2CC(=O)C3=C(C2)Nc2ccccc2NC3c2ccc(C)cc2)cc1. The lowest BCUT2D eigenvalue weighted by Crippen LogP contribution is -2.26. The van der Waals surface area contributed by atoms with Crippen molar-refractivity contribution in [2.45, 2.75) is 38.6 Å². The summed E-state index contributed by atoms with van der Waals surface area (Å²) in [6.45, 7) is 4.18. The molecular weight excluding hydrogens is 368 g/mol. The standard InChI is InChI=1S/C27H26N2O/c1-17-7-11-19(12-8-17)21-15-24-26(25(30)16-21)27(20-13-9-18(2)10-14-20)29-23-6-4-3-5-22(23)28-24/h3-14,21,27-29H,15-16H2,1-2H3. The summed E-state index contributed by atoms with van der Waals surface area (Å²) in [4.78, 5) is 13.5. The second-order valence-corrected chi connectivity index (χ2v) is 8.49.